The summed E-state index contributed by atoms with van der Waals surface area (Å²) in [7, 11) is 0. The molecule has 0 radical (unpaired) electrons. The van der Waals surface area contributed by atoms with E-state index in [1.807, 2.05) is 48.5 Å². The smallest absolute Gasteiger partial charge is 0.127 e. The predicted molar refractivity (Wildman–Crippen MR) is 94.2 cm³/mol. The Morgan fingerprint density at radius 2 is 1.42 bits per heavy atom. The summed E-state index contributed by atoms with van der Waals surface area (Å²) in [6.45, 7) is 0. The summed E-state index contributed by atoms with van der Waals surface area (Å²) >= 11 is 0. The van der Waals surface area contributed by atoms with Crippen LogP contribution in [-0.2, 0) is 0 Å². The molecular formula is C21H14FNO. The molecule has 4 rings (SSSR count). The topological polar surface area (TPSA) is 33.1 Å². The molecule has 1 N–H and O–H groups in total. The van der Waals surface area contributed by atoms with E-state index in [0.717, 1.165) is 22.4 Å². The Morgan fingerprint density at radius 1 is 0.708 bits per heavy atom. The molecule has 0 amide bonds. The normalized spacial score (nSPS) is 10.9. The third kappa shape index (κ3) is 2.61. The molecule has 0 bridgehead atoms. The monoisotopic (exact) mass is 315 g/mol. The zero-order chi connectivity index (χ0) is 16.5. The zero-order valence-corrected chi connectivity index (χ0v) is 12.8. The van der Waals surface area contributed by atoms with E-state index in [1.165, 1.54) is 12.1 Å². The van der Waals surface area contributed by atoms with Crippen molar-refractivity contribution in [1.82, 2.24) is 4.98 Å². The molecule has 116 valence electrons. The van der Waals surface area contributed by atoms with E-state index in [-0.39, 0.29) is 11.6 Å². The van der Waals surface area contributed by atoms with Crippen LogP contribution >= 0.6 is 0 Å². The first kappa shape index (κ1) is 14.4. The lowest BCUT2D eigenvalue weighted by Gasteiger charge is -2.08. The Morgan fingerprint density at radius 3 is 2.17 bits per heavy atom. The molecule has 3 aromatic carbocycles. The van der Waals surface area contributed by atoms with E-state index in [9.17, 15) is 9.50 Å². The zero-order valence-electron chi connectivity index (χ0n) is 12.8. The van der Waals surface area contributed by atoms with Crippen LogP contribution in [0.1, 0.15) is 0 Å². The minimum atomic E-state index is -0.262. The molecule has 3 heteroatoms. The lowest BCUT2D eigenvalue weighted by Crippen LogP contribution is -1.87. The van der Waals surface area contributed by atoms with Crippen molar-refractivity contribution in [3.05, 3.63) is 84.7 Å². The van der Waals surface area contributed by atoms with Crippen molar-refractivity contribution >= 4 is 10.9 Å². The molecule has 24 heavy (non-hydrogen) atoms. The quantitative estimate of drug-likeness (QED) is 0.536. The van der Waals surface area contributed by atoms with E-state index in [2.05, 4.69) is 4.98 Å². The Hall–Kier alpha value is -3.20. The number of aromatic hydroxyl groups is 1. The van der Waals surface area contributed by atoms with Crippen LogP contribution in [0, 0.1) is 5.82 Å². The van der Waals surface area contributed by atoms with Crippen molar-refractivity contribution in [3.63, 3.8) is 0 Å². The summed E-state index contributed by atoms with van der Waals surface area (Å²) in [6, 6.07) is 23.4. The minimum Gasteiger partial charge on any atom is -0.507 e. The fraction of sp³-hybridized carbons (Fsp3) is 0. The van der Waals surface area contributed by atoms with Gasteiger partial charge in [0.05, 0.1) is 11.2 Å². The summed E-state index contributed by atoms with van der Waals surface area (Å²) < 4.78 is 13.1. The highest BCUT2D eigenvalue weighted by Gasteiger charge is 2.08. The first-order valence-electron chi connectivity index (χ1n) is 7.66. The van der Waals surface area contributed by atoms with Crippen molar-refractivity contribution in [3.8, 4) is 28.1 Å². The van der Waals surface area contributed by atoms with E-state index in [4.69, 9.17) is 0 Å². The van der Waals surface area contributed by atoms with Gasteiger partial charge in [0.1, 0.15) is 11.6 Å². The van der Waals surface area contributed by atoms with Gasteiger partial charge in [0.25, 0.3) is 0 Å². The highest BCUT2D eigenvalue weighted by Crippen LogP contribution is 2.32. The van der Waals surface area contributed by atoms with Gasteiger partial charge in [-0.2, -0.15) is 0 Å². The fourth-order valence-electron chi connectivity index (χ4n) is 2.79. The van der Waals surface area contributed by atoms with Crippen LogP contribution in [0.3, 0.4) is 0 Å². The van der Waals surface area contributed by atoms with Gasteiger partial charge in [-0.15, -0.1) is 0 Å². The Balaban J connectivity index is 1.87. The second-order valence-corrected chi connectivity index (χ2v) is 5.63. The molecule has 0 unspecified atom stereocenters. The molecule has 0 aliphatic heterocycles. The Bertz CT molecular complexity index is 1010. The Kier molecular flexibility index (Phi) is 3.47. The third-order valence-electron chi connectivity index (χ3n) is 4.04. The van der Waals surface area contributed by atoms with Gasteiger partial charge in [-0.05, 0) is 35.4 Å². The Labute approximate surface area is 138 Å². The standard InChI is InChI=1S/C21H14FNO/c22-17-9-6-14(7-10-17)16-8-11-18-20(12-16)23-19(13-21(18)24)15-4-2-1-3-5-15/h1-13H,(H,23,24). The maximum absolute atomic E-state index is 13.1. The van der Waals surface area contributed by atoms with Gasteiger partial charge in [-0.1, -0.05) is 48.5 Å². The van der Waals surface area contributed by atoms with Crippen LogP contribution in [0.25, 0.3) is 33.3 Å². The number of benzene rings is 3. The number of fused-ring (bicyclic) bond motifs is 1. The van der Waals surface area contributed by atoms with Crippen molar-refractivity contribution in [2.24, 2.45) is 0 Å². The molecule has 0 atom stereocenters. The van der Waals surface area contributed by atoms with Gasteiger partial charge in [0.2, 0.25) is 0 Å². The molecule has 0 saturated heterocycles. The molecule has 0 fully saturated rings. The average molecular weight is 315 g/mol. The number of hydrogen-bond acceptors (Lipinski definition) is 2. The van der Waals surface area contributed by atoms with Gasteiger partial charge < -0.3 is 5.11 Å². The molecular weight excluding hydrogens is 301 g/mol. The largest absolute Gasteiger partial charge is 0.507 e. The molecule has 2 nitrogen and oxygen atoms in total. The first-order chi connectivity index (χ1) is 11.7. The van der Waals surface area contributed by atoms with Crippen LogP contribution in [0.5, 0.6) is 5.75 Å². The van der Waals surface area contributed by atoms with E-state index >= 15 is 0 Å². The van der Waals surface area contributed by atoms with Gasteiger partial charge >= 0.3 is 0 Å². The van der Waals surface area contributed by atoms with Gasteiger partial charge in [-0.25, -0.2) is 9.37 Å². The lowest BCUT2D eigenvalue weighted by atomic mass is 10.0. The summed E-state index contributed by atoms with van der Waals surface area (Å²) in [6.07, 6.45) is 0. The number of rotatable bonds is 2. The summed E-state index contributed by atoms with van der Waals surface area (Å²) in [4.78, 5) is 4.68. The van der Waals surface area contributed by atoms with Crippen molar-refractivity contribution in [2.45, 2.75) is 0 Å². The molecule has 0 spiro atoms. The molecule has 0 aliphatic carbocycles. The van der Waals surface area contributed by atoms with Crippen LogP contribution in [0.4, 0.5) is 4.39 Å². The van der Waals surface area contributed by atoms with Crippen molar-refractivity contribution < 1.29 is 9.50 Å². The number of hydrogen-bond donors (Lipinski definition) is 1. The first-order valence-corrected chi connectivity index (χ1v) is 7.66. The summed E-state index contributed by atoms with van der Waals surface area (Å²) in [5.74, 6) is -0.0637. The van der Waals surface area contributed by atoms with E-state index in [1.54, 1.807) is 18.2 Å². The van der Waals surface area contributed by atoms with E-state index < -0.39 is 0 Å². The average Bonchev–Trinajstić information content (AvgIpc) is 2.62. The summed E-state index contributed by atoms with van der Waals surface area (Å²) in [5, 5.41) is 11.0. The van der Waals surface area contributed by atoms with Crippen LogP contribution in [-0.4, -0.2) is 10.1 Å². The van der Waals surface area contributed by atoms with Crippen LogP contribution < -0.4 is 0 Å². The number of nitrogens with zero attached hydrogens (tertiary/aromatic N) is 1. The fourth-order valence-corrected chi connectivity index (χ4v) is 2.79. The van der Waals surface area contributed by atoms with Gasteiger partial charge in [-0.3, -0.25) is 0 Å². The SMILES string of the molecule is Oc1cc(-c2ccccc2)nc2cc(-c3ccc(F)cc3)ccc12. The highest BCUT2D eigenvalue weighted by molar-refractivity contribution is 5.90. The van der Waals surface area contributed by atoms with Crippen LogP contribution in [0.15, 0.2) is 78.9 Å². The number of halogens is 1. The molecule has 0 aliphatic rings. The minimum absolute atomic E-state index is 0.199. The molecule has 1 heterocycles. The van der Waals surface area contributed by atoms with Gasteiger partial charge in [0.15, 0.2) is 0 Å². The van der Waals surface area contributed by atoms with Gasteiger partial charge in [0, 0.05) is 17.0 Å². The van der Waals surface area contributed by atoms with Crippen LogP contribution in [0.2, 0.25) is 0 Å². The highest BCUT2D eigenvalue weighted by atomic mass is 19.1. The predicted octanol–water partition coefficient (Wildman–Crippen LogP) is 5.41. The maximum atomic E-state index is 13.1. The summed E-state index contributed by atoms with van der Waals surface area (Å²) in [5.41, 5.74) is 4.21. The molecule has 4 aromatic rings. The molecule has 0 saturated carbocycles. The molecule has 1 aromatic heterocycles. The lowest BCUT2D eigenvalue weighted by molar-refractivity contribution is 0.481. The van der Waals surface area contributed by atoms with Crippen molar-refractivity contribution in [1.29, 1.82) is 0 Å². The second kappa shape index (κ2) is 5.78. The second-order valence-electron chi connectivity index (χ2n) is 5.63. The third-order valence-corrected chi connectivity index (χ3v) is 4.04. The van der Waals surface area contributed by atoms with E-state index in [0.29, 0.717) is 10.9 Å². The number of aromatic nitrogens is 1. The maximum Gasteiger partial charge on any atom is 0.127 e. The number of pyridine rings is 1. The van der Waals surface area contributed by atoms with Crippen molar-refractivity contribution in [2.75, 3.05) is 0 Å².